The van der Waals surface area contributed by atoms with Gasteiger partial charge in [0.1, 0.15) is 11.8 Å². The summed E-state index contributed by atoms with van der Waals surface area (Å²) in [6, 6.07) is 7.60. The number of hydrogen-bond donors (Lipinski definition) is 1. The van der Waals surface area contributed by atoms with Crippen molar-refractivity contribution in [3.05, 3.63) is 36.1 Å². The number of fused-ring (bicyclic) bond motifs is 1. The zero-order valence-electron chi connectivity index (χ0n) is 8.87. The minimum absolute atomic E-state index is 0.0983. The van der Waals surface area contributed by atoms with Crippen LogP contribution in [0.5, 0.6) is 0 Å². The summed E-state index contributed by atoms with van der Waals surface area (Å²) in [4.78, 5) is 11.9. The number of benzene rings is 1. The molecule has 0 bridgehead atoms. The van der Waals surface area contributed by atoms with Gasteiger partial charge >= 0.3 is 0 Å². The molecule has 1 amide bonds. The molecule has 84 valence electrons. The Morgan fingerprint density at radius 3 is 3.00 bits per heavy atom. The zero-order chi connectivity index (χ0) is 11.5. The van der Waals surface area contributed by atoms with Gasteiger partial charge in [-0.2, -0.15) is 0 Å². The van der Waals surface area contributed by atoms with Crippen LogP contribution in [0, 0.1) is 0 Å². The molecule has 1 unspecified atom stereocenters. The maximum Gasteiger partial charge on any atom is 0.255 e. The van der Waals surface area contributed by atoms with Crippen LogP contribution in [-0.4, -0.2) is 17.3 Å². The number of halogens is 1. The third-order valence-electron chi connectivity index (χ3n) is 2.33. The number of amides is 1. The van der Waals surface area contributed by atoms with Gasteiger partial charge in [0, 0.05) is 16.8 Å². The largest absolute Gasteiger partial charge is 0.463 e. The monoisotopic (exact) mass is 281 g/mol. The van der Waals surface area contributed by atoms with Crippen molar-refractivity contribution in [2.75, 3.05) is 5.33 Å². The van der Waals surface area contributed by atoms with Crippen LogP contribution in [0.3, 0.4) is 0 Å². The van der Waals surface area contributed by atoms with E-state index in [1.54, 1.807) is 0 Å². The van der Waals surface area contributed by atoms with Gasteiger partial charge in [0.05, 0.1) is 5.56 Å². The van der Waals surface area contributed by atoms with Gasteiger partial charge in [-0.1, -0.05) is 34.1 Å². The van der Waals surface area contributed by atoms with Crippen LogP contribution in [0.25, 0.3) is 11.0 Å². The highest BCUT2D eigenvalue weighted by Crippen LogP contribution is 2.20. The molecular weight excluding hydrogens is 270 g/mol. The first-order valence-corrected chi connectivity index (χ1v) is 6.17. The van der Waals surface area contributed by atoms with Gasteiger partial charge in [0.2, 0.25) is 0 Å². The SMILES string of the molecule is CC(CBr)NC(=O)c1coc2ccccc12. The summed E-state index contributed by atoms with van der Waals surface area (Å²) in [6.45, 7) is 1.94. The fraction of sp³-hybridized carbons (Fsp3) is 0.250. The third-order valence-corrected chi connectivity index (χ3v) is 3.31. The van der Waals surface area contributed by atoms with Gasteiger partial charge < -0.3 is 9.73 Å². The number of hydrogen-bond acceptors (Lipinski definition) is 2. The smallest absolute Gasteiger partial charge is 0.255 e. The lowest BCUT2D eigenvalue weighted by Crippen LogP contribution is -2.33. The fourth-order valence-electron chi connectivity index (χ4n) is 1.49. The van der Waals surface area contributed by atoms with Crippen LogP contribution >= 0.6 is 15.9 Å². The Morgan fingerprint density at radius 1 is 1.50 bits per heavy atom. The summed E-state index contributed by atoms with van der Waals surface area (Å²) in [5, 5.41) is 4.46. The average molecular weight is 282 g/mol. The van der Waals surface area contributed by atoms with E-state index in [4.69, 9.17) is 4.42 Å². The van der Waals surface area contributed by atoms with E-state index in [9.17, 15) is 4.79 Å². The topological polar surface area (TPSA) is 42.2 Å². The molecule has 2 aromatic rings. The van der Waals surface area contributed by atoms with Crippen molar-refractivity contribution in [2.24, 2.45) is 0 Å². The van der Waals surface area contributed by atoms with Crippen LogP contribution in [0.15, 0.2) is 34.9 Å². The second-order valence-corrected chi connectivity index (χ2v) is 4.32. The molecule has 0 radical (unpaired) electrons. The van der Waals surface area contributed by atoms with Crippen LogP contribution < -0.4 is 5.32 Å². The quantitative estimate of drug-likeness (QED) is 0.879. The number of rotatable bonds is 3. The Morgan fingerprint density at radius 2 is 2.25 bits per heavy atom. The average Bonchev–Trinajstić information content (AvgIpc) is 2.72. The molecule has 1 atom stereocenters. The Kier molecular flexibility index (Phi) is 3.29. The van der Waals surface area contributed by atoms with Crippen molar-refractivity contribution >= 4 is 32.8 Å². The third kappa shape index (κ3) is 2.11. The highest BCUT2D eigenvalue weighted by Gasteiger charge is 2.14. The van der Waals surface area contributed by atoms with Crippen LogP contribution in [0.4, 0.5) is 0 Å². The molecule has 1 aromatic heterocycles. The van der Waals surface area contributed by atoms with Crippen molar-refractivity contribution in [1.29, 1.82) is 0 Å². The van der Waals surface area contributed by atoms with Gasteiger partial charge in [-0.25, -0.2) is 0 Å². The summed E-state index contributed by atoms with van der Waals surface area (Å²) >= 11 is 3.32. The number of carbonyl (C=O) groups is 1. The molecule has 1 N–H and O–H groups in total. The standard InChI is InChI=1S/C12H12BrNO2/c1-8(6-13)14-12(15)10-7-16-11-5-3-2-4-9(10)11/h2-5,7-8H,6H2,1H3,(H,14,15). The van der Waals surface area contributed by atoms with E-state index in [2.05, 4.69) is 21.2 Å². The van der Waals surface area contributed by atoms with E-state index in [0.717, 1.165) is 16.3 Å². The molecule has 4 heteroatoms. The van der Waals surface area contributed by atoms with E-state index in [0.29, 0.717) is 5.56 Å². The van der Waals surface area contributed by atoms with E-state index in [1.807, 2.05) is 31.2 Å². The minimum Gasteiger partial charge on any atom is -0.463 e. The van der Waals surface area contributed by atoms with Crippen LogP contribution in [0.2, 0.25) is 0 Å². The first-order chi connectivity index (χ1) is 7.72. The Labute approximate surface area is 102 Å². The van der Waals surface area contributed by atoms with E-state index >= 15 is 0 Å². The van der Waals surface area contributed by atoms with Gasteiger partial charge in [0.15, 0.2) is 0 Å². The molecule has 1 aromatic carbocycles. The van der Waals surface area contributed by atoms with Crippen molar-refractivity contribution in [1.82, 2.24) is 5.32 Å². The summed E-state index contributed by atoms with van der Waals surface area (Å²) in [7, 11) is 0. The number of para-hydroxylation sites is 1. The van der Waals surface area contributed by atoms with Crippen molar-refractivity contribution in [2.45, 2.75) is 13.0 Å². The predicted octanol–water partition coefficient (Wildman–Crippen LogP) is 2.95. The first-order valence-electron chi connectivity index (χ1n) is 5.05. The highest BCUT2D eigenvalue weighted by atomic mass is 79.9. The zero-order valence-corrected chi connectivity index (χ0v) is 10.5. The Bertz CT molecular complexity index is 506. The van der Waals surface area contributed by atoms with E-state index in [-0.39, 0.29) is 11.9 Å². The number of furan rings is 1. The van der Waals surface area contributed by atoms with E-state index < -0.39 is 0 Å². The summed E-state index contributed by atoms with van der Waals surface area (Å²) in [5.41, 5.74) is 1.32. The normalized spacial score (nSPS) is 12.6. The van der Waals surface area contributed by atoms with Crippen LogP contribution in [0.1, 0.15) is 17.3 Å². The molecule has 16 heavy (non-hydrogen) atoms. The molecule has 3 nitrogen and oxygen atoms in total. The second-order valence-electron chi connectivity index (χ2n) is 3.67. The minimum atomic E-state index is -0.100. The lowest BCUT2D eigenvalue weighted by atomic mass is 10.1. The van der Waals surface area contributed by atoms with Gasteiger partial charge in [-0.15, -0.1) is 0 Å². The molecule has 0 aliphatic rings. The van der Waals surface area contributed by atoms with Gasteiger partial charge in [-0.05, 0) is 13.0 Å². The van der Waals surface area contributed by atoms with Crippen molar-refractivity contribution in [3.63, 3.8) is 0 Å². The number of nitrogens with one attached hydrogen (secondary N) is 1. The summed E-state index contributed by atoms with van der Waals surface area (Å²) in [6.07, 6.45) is 1.50. The van der Waals surface area contributed by atoms with Crippen LogP contribution in [-0.2, 0) is 0 Å². The maximum absolute atomic E-state index is 11.9. The molecule has 0 aliphatic carbocycles. The van der Waals surface area contributed by atoms with E-state index in [1.165, 1.54) is 6.26 Å². The van der Waals surface area contributed by atoms with Gasteiger partial charge in [-0.3, -0.25) is 4.79 Å². The Balaban J connectivity index is 2.30. The van der Waals surface area contributed by atoms with Crippen molar-refractivity contribution < 1.29 is 9.21 Å². The molecule has 1 heterocycles. The highest BCUT2D eigenvalue weighted by molar-refractivity contribution is 9.09. The summed E-state index contributed by atoms with van der Waals surface area (Å²) in [5.74, 6) is -0.100. The lowest BCUT2D eigenvalue weighted by molar-refractivity contribution is 0.0944. The molecule has 2 rings (SSSR count). The number of carbonyl (C=O) groups excluding carboxylic acids is 1. The maximum atomic E-state index is 11.9. The summed E-state index contributed by atoms with van der Waals surface area (Å²) < 4.78 is 5.31. The molecule has 0 fully saturated rings. The molecule has 0 aliphatic heterocycles. The molecular formula is C12H12BrNO2. The Hall–Kier alpha value is -1.29. The molecule has 0 saturated carbocycles. The van der Waals surface area contributed by atoms with Crippen molar-refractivity contribution in [3.8, 4) is 0 Å². The predicted molar refractivity (Wildman–Crippen MR) is 66.9 cm³/mol. The first kappa shape index (κ1) is 11.2. The van der Waals surface area contributed by atoms with Gasteiger partial charge in [0.25, 0.3) is 5.91 Å². The second kappa shape index (κ2) is 4.70. The fourth-order valence-corrected chi connectivity index (χ4v) is 1.66. The lowest BCUT2D eigenvalue weighted by Gasteiger charge is -2.09. The number of alkyl halides is 1. The molecule has 0 saturated heterocycles. The molecule has 0 spiro atoms.